The fourth-order valence-electron chi connectivity index (χ4n) is 1.51. The summed E-state index contributed by atoms with van der Waals surface area (Å²) in [4.78, 5) is 14.2. The molecule has 1 aromatic heterocycles. The number of hydrogen-bond donors (Lipinski definition) is 2. The summed E-state index contributed by atoms with van der Waals surface area (Å²) >= 11 is 1.74. The predicted octanol–water partition coefficient (Wildman–Crippen LogP) is 1.97. The normalized spacial score (nSPS) is 12.5. The highest BCUT2D eigenvalue weighted by atomic mass is 32.1. The van der Waals surface area contributed by atoms with E-state index >= 15 is 0 Å². The highest BCUT2D eigenvalue weighted by molar-refractivity contribution is 7.12. The molecule has 3 nitrogen and oxygen atoms in total. The van der Waals surface area contributed by atoms with Gasteiger partial charge in [-0.2, -0.15) is 0 Å². The third-order valence-corrected chi connectivity index (χ3v) is 3.95. The van der Waals surface area contributed by atoms with Crippen molar-refractivity contribution in [3.63, 3.8) is 0 Å². The maximum Gasteiger partial charge on any atom is 0.224 e. The molecular formula is C12H20N2OS. The second kappa shape index (κ2) is 6.01. The van der Waals surface area contributed by atoms with E-state index in [1.807, 2.05) is 6.92 Å². The molecule has 1 heterocycles. The third-order valence-electron chi connectivity index (χ3n) is 2.80. The van der Waals surface area contributed by atoms with Crippen LogP contribution >= 0.6 is 11.3 Å². The molecule has 1 amide bonds. The predicted molar refractivity (Wildman–Crippen MR) is 68.5 cm³/mol. The molecular weight excluding hydrogens is 220 g/mol. The molecule has 0 spiro atoms. The van der Waals surface area contributed by atoms with Crippen molar-refractivity contribution >= 4 is 17.2 Å². The number of thiophene rings is 1. The van der Waals surface area contributed by atoms with Crippen molar-refractivity contribution < 1.29 is 4.79 Å². The second-order valence-electron chi connectivity index (χ2n) is 4.01. The molecule has 0 bridgehead atoms. The number of amides is 1. The fourth-order valence-corrected chi connectivity index (χ4v) is 2.51. The minimum Gasteiger partial charge on any atom is -0.351 e. The van der Waals surface area contributed by atoms with Crippen molar-refractivity contribution in [2.24, 2.45) is 11.7 Å². The van der Waals surface area contributed by atoms with Crippen LogP contribution in [0.25, 0.3) is 0 Å². The molecule has 0 radical (unpaired) electrons. The zero-order valence-corrected chi connectivity index (χ0v) is 11.0. The molecule has 0 aliphatic heterocycles. The molecule has 1 aromatic rings. The van der Waals surface area contributed by atoms with E-state index < -0.39 is 0 Å². The number of hydrogen-bond acceptors (Lipinski definition) is 3. The zero-order chi connectivity index (χ0) is 12.1. The van der Waals surface area contributed by atoms with Crippen LogP contribution in [0.2, 0.25) is 0 Å². The maximum atomic E-state index is 11.7. The van der Waals surface area contributed by atoms with Crippen LogP contribution in [0.5, 0.6) is 0 Å². The number of aryl methyl sites for hydroxylation is 2. The summed E-state index contributed by atoms with van der Waals surface area (Å²) < 4.78 is 0. The van der Waals surface area contributed by atoms with E-state index in [4.69, 9.17) is 5.73 Å². The number of nitrogens with one attached hydrogen (secondary N) is 1. The minimum absolute atomic E-state index is 0.0536. The van der Waals surface area contributed by atoms with Crippen molar-refractivity contribution in [3.05, 3.63) is 21.4 Å². The van der Waals surface area contributed by atoms with Crippen molar-refractivity contribution in [2.45, 2.75) is 33.7 Å². The summed E-state index contributed by atoms with van der Waals surface area (Å²) in [5, 5.41) is 2.93. The zero-order valence-electron chi connectivity index (χ0n) is 10.2. The van der Waals surface area contributed by atoms with E-state index in [0.717, 1.165) is 6.42 Å². The van der Waals surface area contributed by atoms with E-state index in [1.165, 1.54) is 15.3 Å². The van der Waals surface area contributed by atoms with Crippen LogP contribution in [0, 0.1) is 19.8 Å². The van der Waals surface area contributed by atoms with Gasteiger partial charge in [0.15, 0.2) is 0 Å². The Morgan fingerprint density at radius 3 is 2.69 bits per heavy atom. The lowest BCUT2D eigenvalue weighted by Crippen LogP contribution is -2.34. The number of rotatable bonds is 5. The van der Waals surface area contributed by atoms with Gasteiger partial charge >= 0.3 is 0 Å². The second-order valence-corrected chi connectivity index (χ2v) is 5.35. The first-order valence-corrected chi connectivity index (χ1v) is 6.43. The maximum absolute atomic E-state index is 11.7. The Kier molecular flexibility index (Phi) is 4.96. The highest BCUT2D eigenvalue weighted by Crippen LogP contribution is 2.20. The Hall–Kier alpha value is -0.870. The van der Waals surface area contributed by atoms with Crippen LogP contribution in [0.3, 0.4) is 0 Å². The largest absolute Gasteiger partial charge is 0.351 e. The molecule has 0 saturated carbocycles. The molecule has 1 rings (SSSR count). The molecule has 0 aliphatic carbocycles. The van der Waals surface area contributed by atoms with Crippen LogP contribution in [0.1, 0.15) is 28.7 Å². The molecule has 16 heavy (non-hydrogen) atoms. The SMILES string of the molecule is CCC(CN)C(=O)NCc1cc(C)c(C)s1. The molecule has 0 fully saturated rings. The van der Waals surface area contributed by atoms with Gasteiger partial charge in [0.25, 0.3) is 0 Å². The van der Waals surface area contributed by atoms with Gasteiger partial charge in [-0.25, -0.2) is 0 Å². The van der Waals surface area contributed by atoms with E-state index in [-0.39, 0.29) is 11.8 Å². The lowest BCUT2D eigenvalue weighted by Gasteiger charge is -2.11. The Morgan fingerprint density at radius 2 is 2.25 bits per heavy atom. The van der Waals surface area contributed by atoms with E-state index in [0.29, 0.717) is 13.1 Å². The Morgan fingerprint density at radius 1 is 1.56 bits per heavy atom. The van der Waals surface area contributed by atoms with E-state index in [1.54, 1.807) is 11.3 Å². The smallest absolute Gasteiger partial charge is 0.224 e. The molecule has 0 aromatic carbocycles. The highest BCUT2D eigenvalue weighted by Gasteiger charge is 2.14. The van der Waals surface area contributed by atoms with Crippen LogP contribution in [0.15, 0.2) is 6.07 Å². The van der Waals surface area contributed by atoms with Gasteiger partial charge in [0, 0.05) is 22.2 Å². The topological polar surface area (TPSA) is 55.1 Å². The average molecular weight is 240 g/mol. The summed E-state index contributed by atoms with van der Waals surface area (Å²) in [6, 6.07) is 2.13. The van der Waals surface area contributed by atoms with Gasteiger partial charge in [0.1, 0.15) is 0 Å². The van der Waals surface area contributed by atoms with Gasteiger partial charge in [-0.3, -0.25) is 4.79 Å². The number of carbonyl (C=O) groups excluding carboxylic acids is 1. The summed E-state index contributed by atoms with van der Waals surface area (Å²) in [7, 11) is 0. The quantitative estimate of drug-likeness (QED) is 0.826. The van der Waals surface area contributed by atoms with E-state index in [9.17, 15) is 4.79 Å². The number of carbonyl (C=O) groups is 1. The van der Waals surface area contributed by atoms with Gasteiger partial charge in [-0.1, -0.05) is 6.92 Å². The van der Waals surface area contributed by atoms with Gasteiger partial charge < -0.3 is 11.1 Å². The van der Waals surface area contributed by atoms with Crippen molar-refractivity contribution in [3.8, 4) is 0 Å². The van der Waals surface area contributed by atoms with Crippen LogP contribution in [-0.4, -0.2) is 12.5 Å². The molecule has 0 saturated heterocycles. The molecule has 4 heteroatoms. The molecule has 3 N–H and O–H groups in total. The standard InChI is InChI=1S/C12H20N2OS/c1-4-10(6-13)12(15)14-7-11-5-8(2)9(3)16-11/h5,10H,4,6-7,13H2,1-3H3,(H,14,15). The van der Waals surface area contributed by atoms with E-state index in [2.05, 4.69) is 25.2 Å². The van der Waals surface area contributed by atoms with Gasteiger partial charge in [-0.15, -0.1) is 11.3 Å². The van der Waals surface area contributed by atoms with Gasteiger partial charge in [-0.05, 0) is 31.9 Å². The van der Waals surface area contributed by atoms with Crippen LogP contribution in [-0.2, 0) is 11.3 Å². The first-order chi connectivity index (χ1) is 7.58. The lowest BCUT2D eigenvalue weighted by molar-refractivity contribution is -0.124. The molecule has 90 valence electrons. The van der Waals surface area contributed by atoms with Crippen molar-refractivity contribution in [1.29, 1.82) is 0 Å². The monoisotopic (exact) mass is 240 g/mol. The average Bonchev–Trinajstić information content (AvgIpc) is 2.57. The summed E-state index contributed by atoms with van der Waals surface area (Å²) in [6.45, 7) is 7.21. The van der Waals surface area contributed by atoms with Gasteiger partial charge in [0.05, 0.1) is 6.54 Å². The minimum atomic E-state index is -0.0536. The van der Waals surface area contributed by atoms with Crippen LogP contribution in [0.4, 0.5) is 0 Å². The molecule has 1 atom stereocenters. The van der Waals surface area contributed by atoms with Gasteiger partial charge in [0.2, 0.25) is 5.91 Å². The number of nitrogens with two attached hydrogens (primary N) is 1. The first kappa shape index (κ1) is 13.2. The Balaban J connectivity index is 2.48. The lowest BCUT2D eigenvalue weighted by atomic mass is 10.1. The Labute approximate surface area is 101 Å². The summed E-state index contributed by atoms with van der Waals surface area (Å²) in [5.74, 6) is 0.0101. The molecule has 0 aliphatic rings. The van der Waals surface area contributed by atoms with Crippen LogP contribution < -0.4 is 11.1 Å². The Bertz CT molecular complexity index is 336. The molecule has 1 unspecified atom stereocenters. The van der Waals surface area contributed by atoms with Crippen molar-refractivity contribution in [2.75, 3.05) is 6.54 Å². The third kappa shape index (κ3) is 3.32. The first-order valence-electron chi connectivity index (χ1n) is 5.62. The summed E-state index contributed by atoms with van der Waals surface area (Å²) in [5.41, 5.74) is 6.81. The van der Waals surface area contributed by atoms with Crippen molar-refractivity contribution in [1.82, 2.24) is 5.32 Å². The fraction of sp³-hybridized carbons (Fsp3) is 0.583. The summed E-state index contributed by atoms with van der Waals surface area (Å²) in [6.07, 6.45) is 0.796.